The minimum atomic E-state index is 0.0995. The number of ether oxygens (including phenoxy) is 1. The molecule has 1 aromatic rings. The van der Waals surface area contributed by atoms with Crippen LogP contribution in [0, 0.1) is 0 Å². The van der Waals surface area contributed by atoms with E-state index in [1.165, 1.54) is 5.56 Å². The second kappa shape index (κ2) is 7.39. The molecule has 0 aromatic heterocycles. The summed E-state index contributed by atoms with van der Waals surface area (Å²) in [6, 6.07) is 8.31. The largest absolute Gasteiger partial charge is 0.392 e. The van der Waals surface area contributed by atoms with Gasteiger partial charge in [-0.25, -0.2) is 0 Å². The molecule has 0 fully saturated rings. The van der Waals surface area contributed by atoms with Gasteiger partial charge in [0.15, 0.2) is 0 Å². The average molecular weight is 223 g/mol. The summed E-state index contributed by atoms with van der Waals surface area (Å²) < 4.78 is 5.33. The molecular weight excluding hydrogens is 202 g/mol. The lowest BCUT2D eigenvalue weighted by Crippen LogP contribution is -2.30. The SMILES string of the molecule is CCOCC(C)NCc1cccc(CO)c1. The molecule has 1 aromatic carbocycles. The topological polar surface area (TPSA) is 41.5 Å². The van der Waals surface area contributed by atoms with E-state index in [9.17, 15) is 0 Å². The fourth-order valence-electron chi connectivity index (χ4n) is 1.48. The predicted molar refractivity (Wildman–Crippen MR) is 65.2 cm³/mol. The van der Waals surface area contributed by atoms with Crippen LogP contribution in [-0.2, 0) is 17.9 Å². The van der Waals surface area contributed by atoms with Gasteiger partial charge in [-0.15, -0.1) is 0 Å². The van der Waals surface area contributed by atoms with Gasteiger partial charge in [-0.3, -0.25) is 0 Å². The first kappa shape index (κ1) is 13.2. The van der Waals surface area contributed by atoms with E-state index in [0.717, 1.165) is 25.3 Å². The van der Waals surface area contributed by atoms with Gasteiger partial charge in [-0.05, 0) is 25.0 Å². The fourth-order valence-corrected chi connectivity index (χ4v) is 1.48. The molecule has 0 heterocycles. The van der Waals surface area contributed by atoms with Crippen LogP contribution in [0.2, 0.25) is 0 Å². The van der Waals surface area contributed by atoms with Gasteiger partial charge in [-0.2, -0.15) is 0 Å². The van der Waals surface area contributed by atoms with Crippen molar-refractivity contribution >= 4 is 0 Å². The maximum Gasteiger partial charge on any atom is 0.0681 e. The van der Waals surface area contributed by atoms with E-state index in [4.69, 9.17) is 9.84 Å². The van der Waals surface area contributed by atoms with Crippen LogP contribution in [0.15, 0.2) is 24.3 Å². The Hall–Kier alpha value is -0.900. The van der Waals surface area contributed by atoms with Gasteiger partial charge < -0.3 is 15.2 Å². The molecule has 0 radical (unpaired) electrons. The highest BCUT2D eigenvalue weighted by atomic mass is 16.5. The van der Waals surface area contributed by atoms with Crippen LogP contribution in [0.4, 0.5) is 0 Å². The van der Waals surface area contributed by atoms with E-state index < -0.39 is 0 Å². The Morgan fingerprint density at radius 1 is 1.38 bits per heavy atom. The molecule has 1 rings (SSSR count). The highest BCUT2D eigenvalue weighted by molar-refractivity contribution is 5.22. The van der Waals surface area contributed by atoms with E-state index in [2.05, 4.69) is 18.3 Å². The van der Waals surface area contributed by atoms with E-state index in [-0.39, 0.29) is 6.61 Å². The first-order valence-electron chi connectivity index (χ1n) is 5.76. The quantitative estimate of drug-likeness (QED) is 0.739. The average Bonchev–Trinajstić information content (AvgIpc) is 2.34. The van der Waals surface area contributed by atoms with Crippen LogP contribution in [0.5, 0.6) is 0 Å². The Kier molecular flexibility index (Phi) is 6.08. The van der Waals surface area contributed by atoms with Gasteiger partial charge >= 0.3 is 0 Å². The summed E-state index contributed by atoms with van der Waals surface area (Å²) in [4.78, 5) is 0. The zero-order chi connectivity index (χ0) is 11.8. The Morgan fingerprint density at radius 2 is 2.12 bits per heavy atom. The Bertz CT molecular complexity index is 302. The third-order valence-electron chi connectivity index (χ3n) is 2.40. The van der Waals surface area contributed by atoms with Crippen LogP contribution >= 0.6 is 0 Å². The van der Waals surface area contributed by atoms with Crippen molar-refractivity contribution in [3.05, 3.63) is 35.4 Å². The molecule has 0 aliphatic rings. The molecule has 0 amide bonds. The third kappa shape index (κ3) is 4.75. The molecule has 0 saturated heterocycles. The highest BCUT2D eigenvalue weighted by Crippen LogP contribution is 2.05. The summed E-state index contributed by atoms with van der Waals surface area (Å²) >= 11 is 0. The van der Waals surface area contributed by atoms with Crippen molar-refractivity contribution in [2.24, 2.45) is 0 Å². The number of hydrogen-bond acceptors (Lipinski definition) is 3. The summed E-state index contributed by atoms with van der Waals surface area (Å²) in [6.45, 7) is 6.50. The molecule has 0 aliphatic carbocycles. The Labute approximate surface area is 97.4 Å². The number of rotatable bonds is 7. The first-order chi connectivity index (χ1) is 7.76. The third-order valence-corrected chi connectivity index (χ3v) is 2.40. The predicted octanol–water partition coefficient (Wildman–Crippen LogP) is 1.69. The molecule has 1 unspecified atom stereocenters. The molecule has 16 heavy (non-hydrogen) atoms. The maximum atomic E-state index is 9.02. The summed E-state index contributed by atoms with van der Waals surface area (Å²) in [5.74, 6) is 0. The molecular formula is C13H21NO2. The highest BCUT2D eigenvalue weighted by Gasteiger charge is 2.01. The summed E-state index contributed by atoms with van der Waals surface area (Å²) in [6.07, 6.45) is 0. The lowest BCUT2D eigenvalue weighted by molar-refractivity contribution is 0.127. The van der Waals surface area contributed by atoms with Gasteiger partial charge in [0.25, 0.3) is 0 Å². The lowest BCUT2D eigenvalue weighted by atomic mass is 10.1. The van der Waals surface area contributed by atoms with E-state index in [0.29, 0.717) is 6.04 Å². The number of aliphatic hydroxyl groups excluding tert-OH is 1. The molecule has 90 valence electrons. The minimum Gasteiger partial charge on any atom is -0.392 e. The molecule has 3 heteroatoms. The zero-order valence-electron chi connectivity index (χ0n) is 10.1. The normalized spacial score (nSPS) is 12.7. The van der Waals surface area contributed by atoms with Crippen molar-refractivity contribution in [2.75, 3.05) is 13.2 Å². The standard InChI is InChI=1S/C13H21NO2/c1-3-16-10-11(2)14-8-12-5-4-6-13(7-12)9-15/h4-7,11,14-15H,3,8-10H2,1-2H3. The van der Waals surface area contributed by atoms with Crippen molar-refractivity contribution < 1.29 is 9.84 Å². The molecule has 0 bridgehead atoms. The van der Waals surface area contributed by atoms with Crippen LogP contribution in [0.1, 0.15) is 25.0 Å². The summed E-state index contributed by atoms with van der Waals surface area (Å²) in [7, 11) is 0. The molecule has 2 N–H and O–H groups in total. The van der Waals surface area contributed by atoms with Crippen LogP contribution in [-0.4, -0.2) is 24.4 Å². The van der Waals surface area contributed by atoms with E-state index >= 15 is 0 Å². The zero-order valence-corrected chi connectivity index (χ0v) is 10.1. The van der Waals surface area contributed by atoms with Crippen molar-refractivity contribution in [2.45, 2.75) is 33.0 Å². The molecule has 3 nitrogen and oxygen atoms in total. The second-order valence-electron chi connectivity index (χ2n) is 3.92. The van der Waals surface area contributed by atoms with Crippen LogP contribution in [0.25, 0.3) is 0 Å². The molecule has 1 atom stereocenters. The van der Waals surface area contributed by atoms with Crippen molar-refractivity contribution in [1.82, 2.24) is 5.32 Å². The fraction of sp³-hybridized carbons (Fsp3) is 0.538. The Balaban J connectivity index is 2.35. The molecule has 0 spiro atoms. The first-order valence-corrected chi connectivity index (χ1v) is 5.76. The van der Waals surface area contributed by atoms with Crippen LogP contribution < -0.4 is 5.32 Å². The molecule has 0 aliphatic heterocycles. The monoisotopic (exact) mass is 223 g/mol. The van der Waals surface area contributed by atoms with Crippen LogP contribution in [0.3, 0.4) is 0 Å². The van der Waals surface area contributed by atoms with Gasteiger partial charge in [0.05, 0.1) is 13.2 Å². The van der Waals surface area contributed by atoms with Crippen molar-refractivity contribution in [3.8, 4) is 0 Å². The summed E-state index contributed by atoms with van der Waals surface area (Å²) in [5, 5.41) is 12.4. The molecule has 0 saturated carbocycles. The van der Waals surface area contributed by atoms with Crippen molar-refractivity contribution in [3.63, 3.8) is 0 Å². The lowest BCUT2D eigenvalue weighted by Gasteiger charge is -2.13. The second-order valence-corrected chi connectivity index (χ2v) is 3.92. The minimum absolute atomic E-state index is 0.0995. The van der Waals surface area contributed by atoms with Gasteiger partial charge in [0, 0.05) is 19.2 Å². The van der Waals surface area contributed by atoms with E-state index in [1.807, 2.05) is 25.1 Å². The van der Waals surface area contributed by atoms with E-state index in [1.54, 1.807) is 0 Å². The Morgan fingerprint density at radius 3 is 2.81 bits per heavy atom. The summed E-state index contributed by atoms with van der Waals surface area (Å²) in [5.41, 5.74) is 2.15. The number of benzene rings is 1. The number of hydrogen-bond donors (Lipinski definition) is 2. The van der Waals surface area contributed by atoms with Crippen molar-refractivity contribution in [1.29, 1.82) is 0 Å². The maximum absolute atomic E-state index is 9.02. The van der Waals surface area contributed by atoms with Gasteiger partial charge in [0.2, 0.25) is 0 Å². The number of nitrogens with one attached hydrogen (secondary N) is 1. The smallest absolute Gasteiger partial charge is 0.0681 e. The van der Waals surface area contributed by atoms with Gasteiger partial charge in [-0.1, -0.05) is 24.3 Å². The number of aliphatic hydroxyl groups is 1. The van der Waals surface area contributed by atoms with Gasteiger partial charge in [0.1, 0.15) is 0 Å².